The fourth-order valence-corrected chi connectivity index (χ4v) is 3.72. The third-order valence-electron chi connectivity index (χ3n) is 1.55. The number of hydrogen-bond acceptors (Lipinski definition) is 5. The molecule has 0 radical (unpaired) electrons. The van der Waals surface area contributed by atoms with Crippen molar-refractivity contribution in [1.29, 1.82) is 0 Å². The van der Waals surface area contributed by atoms with Gasteiger partial charge in [0.1, 0.15) is 6.33 Å². The lowest BCUT2D eigenvalue weighted by molar-refractivity contribution is 0.606. The lowest BCUT2D eigenvalue weighted by Crippen LogP contribution is -2.06. The van der Waals surface area contributed by atoms with E-state index in [1.807, 2.05) is 0 Å². The maximum atomic E-state index is 11.0. The van der Waals surface area contributed by atoms with E-state index in [0.717, 1.165) is 0 Å². The molecule has 0 aliphatic carbocycles. The van der Waals surface area contributed by atoms with E-state index in [1.165, 1.54) is 23.5 Å². The Kier molecular flexibility index (Phi) is 2.12. The molecule has 5 nitrogen and oxygen atoms in total. The third-order valence-corrected chi connectivity index (χ3v) is 4.21. The third kappa shape index (κ3) is 2.10. The summed E-state index contributed by atoms with van der Waals surface area (Å²) in [5, 5.41) is 8.19. The lowest BCUT2D eigenvalue weighted by atomic mass is 10.5. The molecule has 1 aliphatic rings. The standard InChI is InChI=1S/C6H7N3O2S2/c10-13(11)2-1-5(3-13)12-6-7-4-8-9-6/h1-2,4-5H,3H2,(H,7,8,9)/t5-/m1/s1. The van der Waals surface area contributed by atoms with Crippen LogP contribution in [0, 0.1) is 0 Å². The number of rotatable bonds is 2. The first-order valence-electron chi connectivity index (χ1n) is 3.59. The molecule has 0 aromatic carbocycles. The van der Waals surface area contributed by atoms with Gasteiger partial charge in [-0.1, -0.05) is 17.8 Å². The van der Waals surface area contributed by atoms with Crippen molar-refractivity contribution in [1.82, 2.24) is 15.2 Å². The molecule has 1 atom stereocenters. The van der Waals surface area contributed by atoms with Crippen molar-refractivity contribution in [2.75, 3.05) is 5.75 Å². The SMILES string of the molecule is O=S1(=O)C=C[C@@H](Sc2ncn[nH]2)C1. The van der Waals surface area contributed by atoms with Crippen LogP contribution in [0.5, 0.6) is 0 Å². The first kappa shape index (κ1) is 8.76. The Morgan fingerprint density at radius 2 is 2.46 bits per heavy atom. The first-order valence-corrected chi connectivity index (χ1v) is 6.18. The fourth-order valence-electron chi connectivity index (χ4n) is 1.02. The number of aromatic nitrogens is 3. The molecule has 7 heteroatoms. The van der Waals surface area contributed by atoms with Gasteiger partial charge in [-0.25, -0.2) is 13.4 Å². The number of aromatic amines is 1. The number of H-pyrrole nitrogens is 1. The quantitative estimate of drug-likeness (QED) is 0.766. The minimum absolute atomic E-state index is 0.0436. The van der Waals surface area contributed by atoms with Gasteiger partial charge in [0.2, 0.25) is 0 Å². The van der Waals surface area contributed by atoms with Crippen LogP contribution in [0.3, 0.4) is 0 Å². The molecule has 2 rings (SSSR count). The van der Waals surface area contributed by atoms with Gasteiger partial charge < -0.3 is 0 Å². The van der Waals surface area contributed by atoms with Crippen molar-refractivity contribution in [3.8, 4) is 0 Å². The molecule has 1 aromatic heterocycles. The van der Waals surface area contributed by atoms with E-state index in [2.05, 4.69) is 15.2 Å². The minimum Gasteiger partial charge on any atom is -0.254 e. The summed E-state index contributed by atoms with van der Waals surface area (Å²) in [6, 6.07) is 0. The van der Waals surface area contributed by atoms with Gasteiger partial charge in [0, 0.05) is 10.7 Å². The summed E-state index contributed by atoms with van der Waals surface area (Å²) in [6.07, 6.45) is 3.07. The van der Waals surface area contributed by atoms with E-state index < -0.39 is 9.84 Å². The van der Waals surface area contributed by atoms with Crippen LogP contribution in [-0.2, 0) is 9.84 Å². The number of sulfone groups is 1. The van der Waals surface area contributed by atoms with E-state index >= 15 is 0 Å². The number of thioether (sulfide) groups is 1. The van der Waals surface area contributed by atoms with E-state index in [1.54, 1.807) is 6.08 Å². The van der Waals surface area contributed by atoms with Gasteiger partial charge in [-0.05, 0) is 0 Å². The summed E-state index contributed by atoms with van der Waals surface area (Å²) in [7, 11) is -2.96. The molecule has 1 aliphatic heterocycles. The molecule has 0 bridgehead atoms. The predicted molar refractivity (Wildman–Crippen MR) is 49.0 cm³/mol. The Bertz CT molecular complexity index is 409. The predicted octanol–water partition coefficient (Wildman–Crippen LogP) is 0.207. The second-order valence-electron chi connectivity index (χ2n) is 2.60. The van der Waals surface area contributed by atoms with Crippen LogP contribution in [0.1, 0.15) is 0 Å². The summed E-state index contributed by atoms with van der Waals surface area (Å²) in [4.78, 5) is 3.90. The Morgan fingerprint density at radius 1 is 1.62 bits per heavy atom. The molecule has 2 heterocycles. The molecular weight excluding hydrogens is 210 g/mol. The van der Waals surface area contributed by atoms with Crippen LogP contribution in [0.25, 0.3) is 0 Å². The Morgan fingerprint density at radius 3 is 3.00 bits per heavy atom. The second-order valence-corrected chi connectivity index (χ2v) is 5.76. The molecule has 1 N–H and O–H groups in total. The molecule has 0 fully saturated rings. The van der Waals surface area contributed by atoms with Crippen LogP contribution in [0.2, 0.25) is 0 Å². The van der Waals surface area contributed by atoms with Crippen molar-refractivity contribution in [2.45, 2.75) is 10.4 Å². The second kappa shape index (κ2) is 3.15. The van der Waals surface area contributed by atoms with E-state index in [0.29, 0.717) is 5.16 Å². The van der Waals surface area contributed by atoms with Gasteiger partial charge in [0.25, 0.3) is 0 Å². The molecule has 0 saturated heterocycles. The first-order chi connectivity index (χ1) is 6.16. The van der Waals surface area contributed by atoms with Crippen LogP contribution in [0.4, 0.5) is 0 Å². The highest BCUT2D eigenvalue weighted by Crippen LogP contribution is 2.25. The normalized spacial score (nSPS) is 25.1. The van der Waals surface area contributed by atoms with E-state index in [4.69, 9.17) is 0 Å². The summed E-state index contributed by atoms with van der Waals surface area (Å²) in [5.41, 5.74) is 0. The Balaban J connectivity index is 2.04. The van der Waals surface area contributed by atoms with Gasteiger partial charge in [-0.15, -0.1) is 0 Å². The largest absolute Gasteiger partial charge is 0.254 e. The van der Waals surface area contributed by atoms with Gasteiger partial charge in [0.05, 0.1) is 5.75 Å². The zero-order valence-corrected chi connectivity index (χ0v) is 8.18. The van der Waals surface area contributed by atoms with E-state index in [-0.39, 0.29) is 11.0 Å². The maximum absolute atomic E-state index is 11.0. The molecule has 13 heavy (non-hydrogen) atoms. The summed E-state index contributed by atoms with van der Waals surface area (Å²) in [6.45, 7) is 0. The van der Waals surface area contributed by atoms with Gasteiger partial charge in [0.15, 0.2) is 15.0 Å². The highest BCUT2D eigenvalue weighted by Gasteiger charge is 2.23. The number of hydrogen-bond donors (Lipinski definition) is 1. The minimum atomic E-state index is -2.96. The van der Waals surface area contributed by atoms with Crippen molar-refractivity contribution >= 4 is 21.6 Å². The highest BCUT2D eigenvalue weighted by molar-refractivity contribution is 8.02. The molecular formula is C6H7N3O2S2. The number of nitrogens with zero attached hydrogens (tertiary/aromatic N) is 2. The van der Waals surface area contributed by atoms with E-state index in [9.17, 15) is 8.42 Å². The molecule has 0 unspecified atom stereocenters. The lowest BCUT2D eigenvalue weighted by Gasteiger charge is -2.01. The molecule has 0 spiro atoms. The van der Waals surface area contributed by atoms with Gasteiger partial charge in [-0.2, -0.15) is 5.10 Å². The average Bonchev–Trinajstić information content (AvgIpc) is 2.61. The van der Waals surface area contributed by atoms with Crippen molar-refractivity contribution in [2.24, 2.45) is 0 Å². The van der Waals surface area contributed by atoms with Gasteiger partial charge >= 0.3 is 0 Å². The van der Waals surface area contributed by atoms with Crippen LogP contribution in [0.15, 0.2) is 23.0 Å². The highest BCUT2D eigenvalue weighted by atomic mass is 32.2. The molecule has 70 valence electrons. The van der Waals surface area contributed by atoms with Crippen LogP contribution >= 0.6 is 11.8 Å². The molecule has 0 saturated carbocycles. The number of nitrogens with one attached hydrogen (secondary N) is 1. The fraction of sp³-hybridized carbons (Fsp3) is 0.333. The Hall–Kier alpha value is -0.820. The Labute approximate surface area is 79.6 Å². The van der Waals surface area contributed by atoms with Crippen molar-refractivity contribution in [3.63, 3.8) is 0 Å². The summed E-state index contributed by atoms with van der Waals surface area (Å²) >= 11 is 1.37. The maximum Gasteiger partial charge on any atom is 0.183 e. The summed E-state index contributed by atoms with van der Waals surface area (Å²) < 4.78 is 22.0. The molecule has 0 amide bonds. The zero-order valence-electron chi connectivity index (χ0n) is 6.54. The van der Waals surface area contributed by atoms with Crippen LogP contribution < -0.4 is 0 Å². The van der Waals surface area contributed by atoms with Gasteiger partial charge in [-0.3, -0.25) is 5.10 Å². The smallest absolute Gasteiger partial charge is 0.183 e. The van der Waals surface area contributed by atoms with Crippen molar-refractivity contribution in [3.05, 3.63) is 17.8 Å². The average molecular weight is 217 g/mol. The summed E-state index contributed by atoms with van der Waals surface area (Å²) in [5.74, 6) is 0.151. The molecule has 1 aromatic rings. The van der Waals surface area contributed by atoms with Crippen molar-refractivity contribution < 1.29 is 8.42 Å². The zero-order chi connectivity index (χ0) is 9.31. The topological polar surface area (TPSA) is 75.7 Å². The monoisotopic (exact) mass is 217 g/mol. The van der Waals surface area contributed by atoms with Crippen LogP contribution in [-0.4, -0.2) is 34.6 Å².